The molecule has 0 aromatic rings. The van der Waals surface area contributed by atoms with Gasteiger partial charge in [-0.05, 0) is 6.92 Å². The molecule has 0 radical (unpaired) electrons. The molecule has 0 fully saturated rings. The van der Waals surface area contributed by atoms with E-state index in [1.54, 1.807) is 13.0 Å². The van der Waals surface area contributed by atoms with E-state index in [4.69, 9.17) is 4.74 Å². The number of hydrogen-bond donors (Lipinski definition) is 0. The van der Waals surface area contributed by atoms with E-state index in [9.17, 15) is 25.8 Å². The molecule has 7 nitrogen and oxygen atoms in total. The van der Waals surface area contributed by atoms with Crippen molar-refractivity contribution in [1.82, 2.24) is 4.90 Å². The number of amides is 1. The number of nitrogens with zero attached hydrogens (tertiary/aromatic N) is 5. The van der Waals surface area contributed by atoms with Crippen LogP contribution in [0.2, 0.25) is 0 Å². The zero-order valence-electron chi connectivity index (χ0n) is 11.7. The molecule has 22 heavy (non-hydrogen) atoms. The fourth-order valence-electron chi connectivity index (χ4n) is 2.85. The number of nitriles is 4. The lowest BCUT2D eigenvalue weighted by Crippen LogP contribution is -2.56. The first-order valence-electron chi connectivity index (χ1n) is 6.53. The lowest BCUT2D eigenvalue weighted by Gasteiger charge is -2.42. The zero-order valence-corrected chi connectivity index (χ0v) is 11.7. The molecule has 108 valence electrons. The second-order valence-corrected chi connectivity index (χ2v) is 4.87. The Morgan fingerprint density at radius 2 is 1.68 bits per heavy atom. The molecule has 0 N–H and O–H groups in total. The number of allylic oxidation sites excluding steroid dienone is 2. The highest BCUT2D eigenvalue weighted by molar-refractivity contribution is 5.71. The van der Waals surface area contributed by atoms with E-state index >= 15 is 0 Å². The minimum Gasteiger partial charge on any atom is -0.449 e. The van der Waals surface area contributed by atoms with Gasteiger partial charge in [0.15, 0.2) is 10.8 Å². The third kappa shape index (κ3) is 1.60. The molecule has 0 spiro atoms. The van der Waals surface area contributed by atoms with Crippen molar-refractivity contribution < 1.29 is 9.53 Å². The molecule has 2 aliphatic heterocycles. The second-order valence-electron chi connectivity index (χ2n) is 4.87. The Hall–Kier alpha value is -3.29. The summed E-state index contributed by atoms with van der Waals surface area (Å²) in [6.07, 6.45) is 5.17. The molecule has 1 aliphatic carbocycles. The van der Waals surface area contributed by atoms with Crippen LogP contribution in [0.5, 0.6) is 0 Å². The average Bonchev–Trinajstić information content (AvgIpc) is 2.83. The first kappa shape index (κ1) is 15.1. The van der Waals surface area contributed by atoms with Crippen LogP contribution in [0, 0.1) is 62.1 Å². The highest BCUT2D eigenvalue weighted by atomic mass is 16.6. The van der Waals surface area contributed by atoms with Gasteiger partial charge in [0.1, 0.15) is 0 Å². The van der Waals surface area contributed by atoms with Crippen LogP contribution in [0.15, 0.2) is 24.4 Å². The molecule has 3 aliphatic rings. The molecule has 0 aromatic heterocycles. The van der Waals surface area contributed by atoms with Gasteiger partial charge in [-0.15, -0.1) is 0 Å². The summed E-state index contributed by atoms with van der Waals surface area (Å²) < 4.78 is 4.92. The van der Waals surface area contributed by atoms with E-state index < -0.39 is 28.9 Å². The van der Waals surface area contributed by atoms with E-state index in [1.807, 2.05) is 24.3 Å². The Bertz CT molecular complexity index is 697. The maximum atomic E-state index is 12.1. The summed E-state index contributed by atoms with van der Waals surface area (Å²) in [5.41, 5.74) is -3.90. The second kappa shape index (κ2) is 5.24. The van der Waals surface area contributed by atoms with Crippen molar-refractivity contribution >= 4 is 6.09 Å². The van der Waals surface area contributed by atoms with Gasteiger partial charge < -0.3 is 4.74 Å². The molecule has 7 heteroatoms. The minimum absolute atomic E-state index is 0.122. The Kier molecular flexibility index (Phi) is 3.60. The van der Waals surface area contributed by atoms with Crippen LogP contribution in [-0.4, -0.2) is 23.6 Å². The van der Waals surface area contributed by atoms with E-state index in [0.29, 0.717) is 0 Å². The summed E-state index contributed by atoms with van der Waals surface area (Å²) >= 11 is 0. The molecule has 0 aromatic carbocycles. The van der Waals surface area contributed by atoms with Gasteiger partial charge in [-0.1, -0.05) is 18.2 Å². The summed E-state index contributed by atoms with van der Waals surface area (Å²) in [5, 5.41) is 38.3. The van der Waals surface area contributed by atoms with E-state index in [2.05, 4.69) is 0 Å². The molecule has 0 saturated carbocycles. The lowest BCUT2D eigenvalue weighted by atomic mass is 9.54. The summed E-state index contributed by atoms with van der Waals surface area (Å²) in [7, 11) is 0. The van der Waals surface area contributed by atoms with Gasteiger partial charge in [-0.2, -0.15) is 21.0 Å². The van der Waals surface area contributed by atoms with Gasteiger partial charge in [0.25, 0.3) is 0 Å². The van der Waals surface area contributed by atoms with Crippen LogP contribution in [0.4, 0.5) is 4.79 Å². The summed E-state index contributed by atoms with van der Waals surface area (Å²) in [6.45, 7) is 1.75. The maximum absolute atomic E-state index is 12.1. The van der Waals surface area contributed by atoms with Gasteiger partial charge in [-0.3, -0.25) is 4.90 Å². The third-order valence-electron chi connectivity index (χ3n) is 4.00. The molecule has 1 amide bonds. The van der Waals surface area contributed by atoms with Crippen molar-refractivity contribution in [2.24, 2.45) is 16.7 Å². The molecule has 2 unspecified atom stereocenters. The van der Waals surface area contributed by atoms with Crippen LogP contribution >= 0.6 is 0 Å². The van der Waals surface area contributed by atoms with Crippen molar-refractivity contribution in [3.63, 3.8) is 0 Å². The summed E-state index contributed by atoms with van der Waals surface area (Å²) in [4.78, 5) is 13.2. The van der Waals surface area contributed by atoms with Crippen molar-refractivity contribution in [3.05, 3.63) is 24.4 Å². The molecule has 2 atom stereocenters. The number of carbonyl (C=O) groups is 1. The monoisotopic (exact) mass is 293 g/mol. The first-order valence-corrected chi connectivity index (χ1v) is 6.53. The molecule has 3 rings (SSSR count). The standard InChI is InChI=1S/C15H11N5O2/c1-2-22-13(21)20-6-5-11-3-4-12(20)15(9-18,10-19)14(11,7-16)8-17/h3-6,11-12H,2H2,1H3. The van der Waals surface area contributed by atoms with Crippen molar-refractivity contribution in [2.75, 3.05) is 6.61 Å². The number of ether oxygens (including phenoxy) is 1. The normalized spacial score (nSPS) is 26.0. The highest BCUT2D eigenvalue weighted by Crippen LogP contribution is 2.54. The molecule has 2 bridgehead atoms. The maximum Gasteiger partial charge on any atom is 0.414 e. The number of rotatable bonds is 1. The Balaban J connectivity index is 2.71. The van der Waals surface area contributed by atoms with Crippen LogP contribution in [0.25, 0.3) is 0 Å². The topological polar surface area (TPSA) is 125 Å². The van der Waals surface area contributed by atoms with Gasteiger partial charge >= 0.3 is 6.09 Å². The molecule has 2 heterocycles. The van der Waals surface area contributed by atoms with E-state index in [1.165, 1.54) is 18.4 Å². The smallest absolute Gasteiger partial charge is 0.414 e. The van der Waals surface area contributed by atoms with Gasteiger partial charge in [0.2, 0.25) is 0 Å². The third-order valence-corrected chi connectivity index (χ3v) is 4.00. The van der Waals surface area contributed by atoms with Crippen molar-refractivity contribution in [2.45, 2.75) is 13.0 Å². The fraction of sp³-hybridized carbons (Fsp3) is 0.400. The highest BCUT2D eigenvalue weighted by Gasteiger charge is 2.66. The van der Waals surface area contributed by atoms with Crippen molar-refractivity contribution in [3.8, 4) is 24.3 Å². The zero-order chi connectivity index (χ0) is 16.4. The van der Waals surface area contributed by atoms with Gasteiger partial charge in [0.05, 0.1) is 36.9 Å². The van der Waals surface area contributed by atoms with Crippen LogP contribution < -0.4 is 0 Å². The largest absolute Gasteiger partial charge is 0.449 e. The lowest BCUT2D eigenvalue weighted by molar-refractivity contribution is 0.0890. The predicted molar refractivity (Wildman–Crippen MR) is 71.7 cm³/mol. The molecular weight excluding hydrogens is 282 g/mol. The SMILES string of the molecule is CCOC(=O)N1C=CC2C=CC1C(C#N)(C#N)C2(C#N)C#N. The van der Waals surface area contributed by atoms with Crippen LogP contribution in [-0.2, 0) is 4.74 Å². The number of fused-ring (bicyclic) bond motifs is 2. The molecule has 0 saturated heterocycles. The average molecular weight is 293 g/mol. The summed E-state index contributed by atoms with van der Waals surface area (Å²) in [5.74, 6) is -0.766. The van der Waals surface area contributed by atoms with Crippen LogP contribution in [0.1, 0.15) is 6.92 Å². The predicted octanol–water partition coefficient (Wildman–Crippen LogP) is 1.59. The van der Waals surface area contributed by atoms with Crippen LogP contribution in [0.3, 0.4) is 0 Å². The first-order chi connectivity index (χ1) is 10.6. The number of carbonyl (C=O) groups excluding carboxylic acids is 1. The Morgan fingerprint density at radius 3 is 2.18 bits per heavy atom. The quantitative estimate of drug-likeness (QED) is 0.676. The molecular formula is C15H11N5O2. The Labute approximate surface area is 127 Å². The van der Waals surface area contributed by atoms with Crippen molar-refractivity contribution in [1.29, 1.82) is 21.0 Å². The summed E-state index contributed by atoms with van der Waals surface area (Å²) in [6, 6.07) is 6.22. The van der Waals surface area contributed by atoms with E-state index in [0.717, 1.165) is 4.90 Å². The minimum atomic E-state index is -2.01. The fourth-order valence-corrected chi connectivity index (χ4v) is 2.85. The Morgan fingerprint density at radius 1 is 1.09 bits per heavy atom. The van der Waals surface area contributed by atoms with Gasteiger partial charge in [0, 0.05) is 12.1 Å². The van der Waals surface area contributed by atoms with Gasteiger partial charge in [-0.25, -0.2) is 4.79 Å². The van der Waals surface area contributed by atoms with E-state index in [-0.39, 0.29) is 6.61 Å². The number of hydrogen-bond acceptors (Lipinski definition) is 6.